The van der Waals surface area contributed by atoms with Gasteiger partial charge < -0.3 is 19.1 Å². The molecule has 8 aromatic rings. The summed E-state index contributed by atoms with van der Waals surface area (Å²) in [4.78, 5) is 4.73. The molecule has 2 heterocycles. The Labute approximate surface area is 312 Å². The van der Waals surface area contributed by atoms with Crippen LogP contribution in [0.2, 0.25) is 0 Å². The van der Waals surface area contributed by atoms with E-state index < -0.39 is 0 Å². The molecule has 1 aliphatic heterocycles. The van der Waals surface area contributed by atoms with Gasteiger partial charge in [-0.05, 0) is 114 Å². The van der Waals surface area contributed by atoms with Crippen LogP contribution in [-0.4, -0.2) is 11.1 Å². The highest BCUT2D eigenvalue weighted by Crippen LogP contribution is 2.53. The van der Waals surface area contributed by atoms with Crippen molar-refractivity contribution in [2.45, 2.75) is 26.2 Å². The molecule has 0 bridgehead atoms. The first-order chi connectivity index (χ1) is 25.4. The fourth-order valence-electron chi connectivity index (χ4n) is 8.54. The first-order valence-corrected chi connectivity index (χ1v) is 18.7. The van der Waals surface area contributed by atoms with E-state index in [0.29, 0.717) is 0 Å². The van der Waals surface area contributed by atoms with E-state index in [1.54, 1.807) is 0 Å². The molecule has 0 amide bonds. The molecule has 2 aliphatic rings. The molecule has 0 unspecified atom stereocenters. The van der Waals surface area contributed by atoms with Crippen LogP contribution in [0.5, 0.6) is 11.5 Å². The lowest BCUT2D eigenvalue weighted by molar-refractivity contribution is 0.474. The number of fused-ring (bicyclic) bond motifs is 8. The molecule has 7 aromatic carbocycles. The maximum absolute atomic E-state index is 6.64. The number of hydrogen-bond donors (Lipinski definition) is 0. The lowest BCUT2D eigenvalue weighted by Gasteiger charge is -2.33. The average molecular weight is 739 g/mol. The third-order valence-corrected chi connectivity index (χ3v) is 11.5. The first kappa shape index (κ1) is 31.0. The number of rotatable bonds is 5. The quantitative estimate of drug-likeness (QED) is 0.175. The summed E-state index contributed by atoms with van der Waals surface area (Å²) >= 11 is 3.74. The van der Waals surface area contributed by atoms with Gasteiger partial charge in [0, 0.05) is 56.0 Å². The Morgan fingerprint density at radius 3 is 2.06 bits per heavy atom. The van der Waals surface area contributed by atoms with E-state index in [4.69, 9.17) is 4.74 Å². The summed E-state index contributed by atoms with van der Waals surface area (Å²) in [5.74, 6) is 1.72. The summed E-state index contributed by atoms with van der Waals surface area (Å²) in [7, 11) is 0. The van der Waals surface area contributed by atoms with E-state index >= 15 is 0 Å². The molecule has 252 valence electrons. The van der Waals surface area contributed by atoms with Crippen LogP contribution < -0.4 is 14.5 Å². The zero-order valence-corrected chi connectivity index (χ0v) is 30.9. The number of nitrogens with zero attached hydrogens (tertiary/aromatic N) is 3. The Morgan fingerprint density at radius 1 is 0.577 bits per heavy atom. The minimum Gasteiger partial charge on any atom is -0.453 e. The van der Waals surface area contributed by atoms with Crippen LogP contribution >= 0.6 is 15.9 Å². The number of anilines is 5. The molecular formula is C47H36BrN3O. The summed E-state index contributed by atoms with van der Waals surface area (Å²) in [5.41, 5.74) is 14.0. The normalized spacial score (nSPS) is 13.7. The molecule has 0 spiro atoms. The molecule has 0 saturated heterocycles. The Morgan fingerprint density at radius 2 is 1.21 bits per heavy atom. The number of benzene rings is 7. The molecule has 1 aromatic heterocycles. The van der Waals surface area contributed by atoms with Crippen LogP contribution in [0, 0.1) is 0 Å². The molecular weight excluding hydrogens is 702 g/mol. The van der Waals surface area contributed by atoms with Crippen LogP contribution in [0.4, 0.5) is 28.4 Å². The van der Waals surface area contributed by atoms with Crippen molar-refractivity contribution in [2.75, 3.05) is 16.3 Å². The van der Waals surface area contributed by atoms with Crippen molar-refractivity contribution in [3.8, 4) is 28.3 Å². The molecule has 4 nitrogen and oxygen atoms in total. The predicted octanol–water partition coefficient (Wildman–Crippen LogP) is 13.6. The van der Waals surface area contributed by atoms with Crippen LogP contribution in [-0.2, 0) is 5.41 Å². The van der Waals surface area contributed by atoms with Gasteiger partial charge in [-0.1, -0.05) is 90.4 Å². The predicted molar refractivity (Wildman–Crippen MR) is 220 cm³/mol. The summed E-state index contributed by atoms with van der Waals surface area (Å²) in [6.45, 7) is 7.71. The van der Waals surface area contributed by atoms with Crippen LogP contribution in [0.3, 0.4) is 0 Å². The molecule has 0 fully saturated rings. The summed E-state index contributed by atoms with van der Waals surface area (Å²) in [6.07, 6.45) is 0. The van der Waals surface area contributed by atoms with Gasteiger partial charge in [0.2, 0.25) is 0 Å². The third-order valence-electron chi connectivity index (χ3n) is 11.0. The zero-order valence-electron chi connectivity index (χ0n) is 29.3. The van der Waals surface area contributed by atoms with Gasteiger partial charge in [0.25, 0.3) is 0 Å². The Hall–Kier alpha value is -5.78. The minimum absolute atomic E-state index is 0.159. The van der Waals surface area contributed by atoms with Gasteiger partial charge in [-0.25, -0.2) is 0 Å². The SMILES string of the molecule is CCN1c2ccccc2Oc2cc(N(c3ccc4c(c3)C(C)(C)c3cc(Br)ccc3-4)c3ccc4c(c3)c3ccccc3n4-c3ccccc3)ccc21. The second-order valence-electron chi connectivity index (χ2n) is 14.2. The molecule has 0 atom stereocenters. The second kappa shape index (κ2) is 11.6. The van der Waals surface area contributed by atoms with Gasteiger partial charge in [-0.3, -0.25) is 0 Å². The summed E-state index contributed by atoms with van der Waals surface area (Å²) in [6, 6.07) is 54.9. The van der Waals surface area contributed by atoms with Crippen molar-refractivity contribution >= 4 is 66.2 Å². The number of para-hydroxylation sites is 4. The van der Waals surface area contributed by atoms with E-state index in [1.807, 2.05) is 6.07 Å². The molecule has 0 saturated carbocycles. The standard InChI is InChI=1S/C47H36BrN3O/c1-4-49-43-16-10-11-17-45(43)52-46-29-34(21-25-44(46)49)50(33-19-23-36-35-22-18-30(48)26-39(35)47(2,3)40(36)28-33)32-20-24-42-38(27-32)37-14-8-9-15-41(37)51(42)31-12-6-5-7-13-31/h5-29H,4H2,1-3H3. The fraction of sp³-hybridized carbons (Fsp3) is 0.106. The second-order valence-corrected chi connectivity index (χ2v) is 15.2. The molecule has 1 aliphatic carbocycles. The maximum atomic E-state index is 6.64. The Kier molecular flexibility index (Phi) is 6.93. The van der Waals surface area contributed by atoms with Gasteiger partial charge in [-0.15, -0.1) is 0 Å². The minimum atomic E-state index is -0.159. The first-order valence-electron chi connectivity index (χ1n) is 17.9. The lowest BCUT2D eigenvalue weighted by atomic mass is 9.82. The van der Waals surface area contributed by atoms with Gasteiger partial charge in [0.15, 0.2) is 11.5 Å². The van der Waals surface area contributed by atoms with Crippen LogP contribution in [0.1, 0.15) is 31.9 Å². The van der Waals surface area contributed by atoms with Gasteiger partial charge in [0.1, 0.15) is 0 Å². The highest BCUT2D eigenvalue weighted by molar-refractivity contribution is 9.10. The number of hydrogen-bond acceptors (Lipinski definition) is 3. The van der Waals surface area contributed by atoms with Gasteiger partial charge in [-0.2, -0.15) is 0 Å². The third kappa shape index (κ3) is 4.59. The van der Waals surface area contributed by atoms with E-state index in [1.165, 1.54) is 44.1 Å². The lowest BCUT2D eigenvalue weighted by Crippen LogP contribution is -2.21. The van der Waals surface area contributed by atoms with Crippen molar-refractivity contribution in [2.24, 2.45) is 0 Å². The molecule has 52 heavy (non-hydrogen) atoms. The average Bonchev–Trinajstić information content (AvgIpc) is 3.62. The number of ether oxygens (including phenoxy) is 1. The van der Waals surface area contributed by atoms with Crippen LogP contribution in [0.25, 0.3) is 38.6 Å². The molecule has 5 heteroatoms. The summed E-state index contributed by atoms with van der Waals surface area (Å²) < 4.78 is 10.1. The monoisotopic (exact) mass is 737 g/mol. The number of halogens is 1. The van der Waals surface area contributed by atoms with E-state index in [-0.39, 0.29) is 5.41 Å². The van der Waals surface area contributed by atoms with Gasteiger partial charge in [0.05, 0.1) is 22.4 Å². The summed E-state index contributed by atoms with van der Waals surface area (Å²) in [5, 5.41) is 2.43. The fourth-order valence-corrected chi connectivity index (χ4v) is 8.90. The number of aromatic nitrogens is 1. The zero-order chi connectivity index (χ0) is 35.1. The van der Waals surface area contributed by atoms with E-state index in [2.05, 4.69) is 197 Å². The smallest absolute Gasteiger partial charge is 0.153 e. The molecule has 0 N–H and O–H groups in total. The maximum Gasteiger partial charge on any atom is 0.153 e. The Bertz CT molecular complexity index is 2710. The van der Waals surface area contributed by atoms with Crippen molar-refractivity contribution in [3.05, 3.63) is 167 Å². The van der Waals surface area contributed by atoms with E-state index in [0.717, 1.165) is 56.6 Å². The highest BCUT2D eigenvalue weighted by Gasteiger charge is 2.36. The van der Waals surface area contributed by atoms with Crippen LogP contribution in [0.15, 0.2) is 156 Å². The van der Waals surface area contributed by atoms with Crippen molar-refractivity contribution in [1.82, 2.24) is 4.57 Å². The molecule has 10 rings (SSSR count). The van der Waals surface area contributed by atoms with Crippen molar-refractivity contribution in [3.63, 3.8) is 0 Å². The van der Waals surface area contributed by atoms with Crippen molar-refractivity contribution < 1.29 is 4.74 Å². The van der Waals surface area contributed by atoms with Gasteiger partial charge >= 0.3 is 0 Å². The highest BCUT2D eigenvalue weighted by atomic mass is 79.9. The topological polar surface area (TPSA) is 20.6 Å². The Balaban J connectivity index is 1.19. The van der Waals surface area contributed by atoms with Crippen molar-refractivity contribution in [1.29, 1.82) is 0 Å². The molecule has 0 radical (unpaired) electrons. The largest absolute Gasteiger partial charge is 0.453 e. The van der Waals surface area contributed by atoms with E-state index in [9.17, 15) is 0 Å².